The van der Waals surface area contributed by atoms with Crippen molar-refractivity contribution in [3.05, 3.63) is 102 Å². The molecule has 242 valence electrons. The van der Waals surface area contributed by atoms with Gasteiger partial charge in [-0.15, -0.1) is 0 Å². The molecular formula is C39H45FN2O4. The molecule has 6 nitrogen and oxygen atoms in total. The molecule has 1 saturated carbocycles. The Morgan fingerprint density at radius 1 is 0.935 bits per heavy atom. The van der Waals surface area contributed by atoms with Crippen molar-refractivity contribution in [3.63, 3.8) is 0 Å². The smallest absolute Gasteiger partial charge is 0.258 e. The van der Waals surface area contributed by atoms with Gasteiger partial charge in [-0.2, -0.15) is 0 Å². The molecule has 3 aromatic carbocycles. The van der Waals surface area contributed by atoms with Crippen molar-refractivity contribution in [1.29, 1.82) is 0 Å². The van der Waals surface area contributed by atoms with Crippen molar-refractivity contribution in [2.45, 2.75) is 102 Å². The Morgan fingerprint density at radius 2 is 1.61 bits per heavy atom. The summed E-state index contributed by atoms with van der Waals surface area (Å²) in [6.07, 6.45) is 6.37. The van der Waals surface area contributed by atoms with Gasteiger partial charge in [-0.1, -0.05) is 81.6 Å². The average Bonchev–Trinajstić information content (AvgIpc) is 3.41. The number of rotatable bonds is 10. The zero-order chi connectivity index (χ0) is 32.0. The first-order valence-electron chi connectivity index (χ1n) is 16.8. The number of nitrogens with one attached hydrogen (secondary N) is 1. The van der Waals surface area contributed by atoms with Crippen LogP contribution in [0.25, 0.3) is 22.4 Å². The Morgan fingerprint density at radius 3 is 2.28 bits per heavy atom. The van der Waals surface area contributed by atoms with Crippen molar-refractivity contribution in [1.82, 2.24) is 4.57 Å². The van der Waals surface area contributed by atoms with E-state index in [1.165, 1.54) is 31.4 Å². The predicted octanol–water partition coefficient (Wildman–Crippen LogP) is 8.94. The maximum Gasteiger partial charge on any atom is 0.258 e. The maximum atomic E-state index is 14.3. The Hall–Kier alpha value is -3.78. The van der Waals surface area contributed by atoms with Crippen LogP contribution < -0.4 is 5.32 Å². The van der Waals surface area contributed by atoms with Gasteiger partial charge in [0.25, 0.3) is 5.91 Å². The second-order valence-electron chi connectivity index (χ2n) is 13.0. The van der Waals surface area contributed by atoms with E-state index in [0.717, 1.165) is 40.9 Å². The molecule has 7 heteroatoms. The van der Waals surface area contributed by atoms with E-state index < -0.39 is 12.4 Å². The lowest BCUT2D eigenvalue weighted by Gasteiger charge is -2.36. The van der Waals surface area contributed by atoms with Crippen molar-refractivity contribution >= 4 is 11.6 Å². The number of hydrogen-bond donors (Lipinski definition) is 2. The number of aliphatic hydroxyl groups is 1. The topological polar surface area (TPSA) is 72.7 Å². The highest BCUT2D eigenvalue weighted by atomic mass is 19.1. The summed E-state index contributed by atoms with van der Waals surface area (Å²) in [5.74, 6) is -0.516. The number of aromatic nitrogens is 1. The molecule has 2 heterocycles. The molecule has 1 saturated heterocycles. The molecule has 1 unspecified atom stereocenters. The Labute approximate surface area is 271 Å². The molecule has 0 radical (unpaired) electrons. The van der Waals surface area contributed by atoms with E-state index in [2.05, 4.69) is 23.7 Å². The highest BCUT2D eigenvalue weighted by Crippen LogP contribution is 2.43. The number of carbonyl (C=O) groups is 1. The third kappa shape index (κ3) is 7.43. The van der Waals surface area contributed by atoms with E-state index >= 15 is 0 Å². The number of hydrogen-bond acceptors (Lipinski definition) is 4. The zero-order valence-electron chi connectivity index (χ0n) is 26.8. The molecule has 46 heavy (non-hydrogen) atoms. The molecule has 6 rings (SSSR count). The van der Waals surface area contributed by atoms with Crippen LogP contribution >= 0.6 is 0 Å². The van der Waals surface area contributed by atoms with Gasteiger partial charge in [0.05, 0.1) is 29.6 Å². The number of amides is 1. The number of para-hydroxylation sites is 1. The molecule has 4 aromatic rings. The zero-order valence-corrected chi connectivity index (χ0v) is 26.8. The first-order chi connectivity index (χ1) is 22.4. The average molecular weight is 625 g/mol. The maximum absolute atomic E-state index is 14.3. The summed E-state index contributed by atoms with van der Waals surface area (Å²) in [7, 11) is 0. The van der Waals surface area contributed by atoms with Gasteiger partial charge in [-0.05, 0) is 79.1 Å². The summed E-state index contributed by atoms with van der Waals surface area (Å²) in [6, 6.07) is 25.9. The molecule has 3 atom stereocenters. The lowest BCUT2D eigenvalue weighted by Crippen LogP contribution is -2.39. The fourth-order valence-corrected chi connectivity index (χ4v) is 7.12. The number of halogens is 1. The van der Waals surface area contributed by atoms with Crippen LogP contribution in [-0.2, 0) is 16.0 Å². The van der Waals surface area contributed by atoms with Crippen LogP contribution in [0.4, 0.5) is 10.1 Å². The van der Waals surface area contributed by atoms with Crippen molar-refractivity contribution in [2.75, 3.05) is 5.32 Å². The second kappa shape index (κ2) is 14.8. The number of nitrogens with zero attached hydrogens (tertiary/aromatic N) is 1. The lowest BCUT2D eigenvalue weighted by molar-refractivity contribution is -0.237. The minimum Gasteiger partial charge on any atom is -0.393 e. The predicted molar refractivity (Wildman–Crippen MR) is 180 cm³/mol. The summed E-state index contributed by atoms with van der Waals surface area (Å²) >= 11 is 0. The third-order valence-corrected chi connectivity index (χ3v) is 9.20. The van der Waals surface area contributed by atoms with E-state index in [1.54, 1.807) is 12.1 Å². The van der Waals surface area contributed by atoms with Crippen LogP contribution in [0.15, 0.2) is 84.9 Å². The molecule has 0 bridgehead atoms. The van der Waals surface area contributed by atoms with Gasteiger partial charge in [-0.3, -0.25) is 4.79 Å². The number of ether oxygens (including phenoxy) is 2. The van der Waals surface area contributed by atoms with Crippen LogP contribution in [0.1, 0.15) is 87.2 Å². The summed E-state index contributed by atoms with van der Waals surface area (Å²) < 4.78 is 29.3. The molecule has 1 amide bonds. The van der Waals surface area contributed by atoms with Gasteiger partial charge in [0, 0.05) is 29.9 Å². The molecule has 2 fully saturated rings. The molecule has 0 spiro atoms. The fraction of sp³-hybridized carbons (Fsp3) is 0.410. The van der Waals surface area contributed by atoms with Crippen molar-refractivity contribution in [3.8, 4) is 22.4 Å². The van der Waals surface area contributed by atoms with E-state index in [0.29, 0.717) is 37.1 Å². The summed E-state index contributed by atoms with van der Waals surface area (Å²) in [4.78, 5) is 14.3. The normalized spacial score (nSPS) is 20.6. The van der Waals surface area contributed by atoms with Crippen LogP contribution in [0, 0.1) is 5.82 Å². The molecular weight excluding hydrogens is 579 g/mol. The Bertz CT molecular complexity index is 1580. The van der Waals surface area contributed by atoms with E-state index in [-0.39, 0.29) is 29.9 Å². The highest BCUT2D eigenvalue weighted by molar-refractivity contribution is 6.12. The van der Waals surface area contributed by atoms with Crippen molar-refractivity contribution in [2.24, 2.45) is 0 Å². The van der Waals surface area contributed by atoms with Crippen LogP contribution in [0.2, 0.25) is 0 Å². The van der Waals surface area contributed by atoms with E-state index in [4.69, 9.17) is 9.47 Å². The molecule has 2 aliphatic rings. The monoisotopic (exact) mass is 624 g/mol. The summed E-state index contributed by atoms with van der Waals surface area (Å²) in [6.45, 7) is 4.75. The second-order valence-corrected chi connectivity index (χ2v) is 13.0. The summed E-state index contributed by atoms with van der Waals surface area (Å²) in [5.41, 5.74) is 5.62. The van der Waals surface area contributed by atoms with Gasteiger partial charge in [0.15, 0.2) is 6.29 Å². The van der Waals surface area contributed by atoms with Gasteiger partial charge >= 0.3 is 0 Å². The minimum absolute atomic E-state index is 0.00608. The quantitative estimate of drug-likeness (QED) is 0.185. The van der Waals surface area contributed by atoms with Crippen LogP contribution in [0.3, 0.4) is 0 Å². The first kappa shape index (κ1) is 32.2. The number of anilines is 1. The van der Waals surface area contributed by atoms with Gasteiger partial charge in [0.1, 0.15) is 5.82 Å². The number of carbonyl (C=O) groups excluding carboxylic acids is 1. The lowest BCUT2D eigenvalue weighted by atomic mass is 9.94. The molecule has 1 aliphatic carbocycles. The van der Waals surface area contributed by atoms with Gasteiger partial charge in [0.2, 0.25) is 0 Å². The van der Waals surface area contributed by atoms with E-state index in [9.17, 15) is 14.3 Å². The van der Waals surface area contributed by atoms with Crippen molar-refractivity contribution < 1.29 is 23.8 Å². The third-order valence-electron chi connectivity index (χ3n) is 9.20. The number of aliphatic hydroxyl groups excluding tert-OH is 1. The van der Waals surface area contributed by atoms with E-state index in [1.807, 2.05) is 60.7 Å². The molecule has 1 aromatic heterocycles. The highest BCUT2D eigenvalue weighted by Gasteiger charge is 2.34. The Kier molecular flexibility index (Phi) is 10.3. The standard InChI is InChI=1S/C39H45FN2O4/c1-26(2)37-36(39(44)41-30-14-8-4-9-15-30)35(27-12-6-3-7-13-27)38(28-18-20-29(40)21-19-28)42(37)23-22-33-24-31(43)25-34(46-33)45-32-16-10-5-11-17-32/h3-4,6-9,12-15,18-21,26,31-34,43H,5,10-11,16-17,22-25H2,1-2H3,(H,41,44)/t31-,33-,34?/m1/s1. The fourth-order valence-electron chi connectivity index (χ4n) is 7.12. The van der Waals surface area contributed by atoms with Crippen LogP contribution in [0.5, 0.6) is 0 Å². The minimum atomic E-state index is -0.495. The largest absolute Gasteiger partial charge is 0.393 e. The SMILES string of the molecule is CC(C)c1c(C(=O)Nc2ccccc2)c(-c2ccccc2)c(-c2ccc(F)cc2)n1CC[C@@H]1C[C@@H](O)CC(OC2CCCCC2)O1. The summed E-state index contributed by atoms with van der Waals surface area (Å²) in [5, 5.41) is 14.0. The van der Waals surface area contributed by atoms with Crippen LogP contribution in [-0.4, -0.2) is 40.2 Å². The molecule has 2 N–H and O–H groups in total. The van der Waals surface area contributed by atoms with Gasteiger partial charge < -0.3 is 24.5 Å². The molecule has 1 aliphatic heterocycles. The van der Waals surface area contributed by atoms with Gasteiger partial charge in [-0.25, -0.2) is 4.39 Å². The Balaban J connectivity index is 1.41. The first-order valence-corrected chi connectivity index (χ1v) is 16.8. The number of benzene rings is 3.